The van der Waals surface area contributed by atoms with Gasteiger partial charge in [-0.2, -0.15) is 0 Å². The first-order chi connectivity index (χ1) is 13.1. The normalized spacial score (nSPS) is 13.9. The molecule has 0 radical (unpaired) electrons. The average Bonchev–Trinajstić information content (AvgIpc) is 3.39. The Kier molecular flexibility index (Phi) is 6.84. The van der Waals surface area contributed by atoms with Gasteiger partial charge in [-0.25, -0.2) is 4.39 Å². The van der Waals surface area contributed by atoms with Crippen LogP contribution in [0.1, 0.15) is 39.2 Å². The fraction of sp³-hybridized carbons (Fsp3) is 0.526. The molecule has 3 rings (SSSR count). The Bertz CT molecular complexity index is 777. The average molecular weight is 393 g/mol. The molecule has 0 unspecified atom stereocenters. The van der Waals surface area contributed by atoms with Crippen LogP contribution in [0.3, 0.4) is 0 Å². The number of nitrogens with one attached hydrogen (secondary N) is 1. The third-order valence-electron chi connectivity index (χ3n) is 4.12. The molecule has 1 fully saturated rings. The van der Waals surface area contributed by atoms with Crippen molar-refractivity contribution in [2.45, 2.75) is 50.4 Å². The van der Waals surface area contributed by atoms with Crippen molar-refractivity contribution in [3.05, 3.63) is 30.1 Å². The summed E-state index contributed by atoms with van der Waals surface area (Å²) in [4.78, 5) is 12.1. The van der Waals surface area contributed by atoms with Gasteiger partial charge in [-0.1, -0.05) is 23.9 Å². The highest BCUT2D eigenvalue weighted by atomic mass is 32.2. The summed E-state index contributed by atoms with van der Waals surface area (Å²) >= 11 is 1.34. The lowest BCUT2D eigenvalue weighted by molar-refractivity contribution is -0.118. The van der Waals surface area contributed by atoms with E-state index in [-0.39, 0.29) is 29.6 Å². The van der Waals surface area contributed by atoms with E-state index in [1.165, 1.54) is 17.8 Å². The summed E-state index contributed by atoms with van der Waals surface area (Å²) in [6.07, 6.45) is 3.03. The summed E-state index contributed by atoms with van der Waals surface area (Å²) in [5.74, 6) is 0.420. The molecule has 6 nitrogen and oxygen atoms in total. The minimum absolute atomic E-state index is 0.0534. The van der Waals surface area contributed by atoms with Crippen molar-refractivity contribution in [1.29, 1.82) is 0 Å². The van der Waals surface area contributed by atoms with Gasteiger partial charge in [-0.05, 0) is 45.2 Å². The summed E-state index contributed by atoms with van der Waals surface area (Å²) in [5.41, 5.74) is 0.443. The zero-order valence-electron chi connectivity index (χ0n) is 15.7. The number of carbonyl (C=O) groups excluding carboxylic acids is 1. The number of aromatic nitrogens is 3. The molecule has 0 atom stereocenters. The lowest BCUT2D eigenvalue weighted by Gasteiger charge is -2.10. The van der Waals surface area contributed by atoms with Gasteiger partial charge in [0.25, 0.3) is 0 Å². The molecule has 1 N–H and O–H groups in total. The van der Waals surface area contributed by atoms with Gasteiger partial charge in [0.05, 0.1) is 17.4 Å². The van der Waals surface area contributed by atoms with Gasteiger partial charge in [0.1, 0.15) is 5.82 Å². The number of thioether (sulfide) groups is 1. The highest BCUT2D eigenvalue weighted by Gasteiger charge is 2.31. The topological polar surface area (TPSA) is 69.0 Å². The Balaban J connectivity index is 1.56. The van der Waals surface area contributed by atoms with Gasteiger partial charge in [0.15, 0.2) is 11.0 Å². The van der Waals surface area contributed by atoms with Gasteiger partial charge in [-0.3, -0.25) is 9.36 Å². The number of amides is 1. The predicted molar refractivity (Wildman–Crippen MR) is 103 cm³/mol. The van der Waals surface area contributed by atoms with E-state index in [1.807, 2.05) is 18.4 Å². The second-order valence-corrected chi connectivity index (χ2v) is 7.74. The number of nitrogens with zero attached hydrogens (tertiary/aromatic N) is 3. The second-order valence-electron chi connectivity index (χ2n) is 6.80. The molecule has 1 saturated carbocycles. The molecule has 2 aromatic rings. The Morgan fingerprint density at radius 2 is 2.15 bits per heavy atom. The van der Waals surface area contributed by atoms with Crippen LogP contribution in [-0.2, 0) is 9.53 Å². The molecule has 0 bridgehead atoms. The molecule has 0 saturated heterocycles. The van der Waals surface area contributed by atoms with Crippen LogP contribution < -0.4 is 5.32 Å². The van der Waals surface area contributed by atoms with Crippen molar-refractivity contribution >= 4 is 17.7 Å². The number of carbonyl (C=O) groups is 1. The van der Waals surface area contributed by atoms with E-state index in [4.69, 9.17) is 4.74 Å². The number of rotatable bonds is 10. The monoisotopic (exact) mass is 392 g/mol. The van der Waals surface area contributed by atoms with Crippen molar-refractivity contribution < 1.29 is 13.9 Å². The fourth-order valence-corrected chi connectivity index (χ4v) is 3.50. The van der Waals surface area contributed by atoms with E-state index in [2.05, 4.69) is 15.5 Å². The number of hydrogen-bond donors (Lipinski definition) is 1. The first-order valence-electron chi connectivity index (χ1n) is 9.27. The van der Waals surface area contributed by atoms with Gasteiger partial charge in [-0.15, -0.1) is 10.2 Å². The molecule has 8 heteroatoms. The summed E-state index contributed by atoms with van der Waals surface area (Å²) < 4.78 is 21.6. The molecule has 1 aliphatic carbocycles. The summed E-state index contributed by atoms with van der Waals surface area (Å²) in [6, 6.07) is 6.85. The minimum atomic E-state index is -0.315. The van der Waals surface area contributed by atoms with Crippen LogP contribution in [0, 0.1) is 5.82 Å². The molecule has 1 amide bonds. The van der Waals surface area contributed by atoms with Gasteiger partial charge in [0.2, 0.25) is 5.91 Å². The van der Waals surface area contributed by atoms with Crippen LogP contribution in [-0.4, -0.2) is 45.7 Å². The predicted octanol–water partition coefficient (Wildman–Crippen LogP) is 3.44. The Morgan fingerprint density at radius 1 is 1.37 bits per heavy atom. The zero-order valence-corrected chi connectivity index (χ0v) is 16.5. The Morgan fingerprint density at radius 3 is 2.85 bits per heavy atom. The van der Waals surface area contributed by atoms with E-state index in [9.17, 15) is 9.18 Å². The van der Waals surface area contributed by atoms with Crippen LogP contribution >= 0.6 is 11.8 Å². The largest absolute Gasteiger partial charge is 0.379 e. The Labute approximate surface area is 162 Å². The fourth-order valence-electron chi connectivity index (χ4n) is 2.66. The molecule has 0 aliphatic heterocycles. The van der Waals surface area contributed by atoms with Crippen LogP contribution in [0.15, 0.2) is 29.4 Å². The first-order valence-corrected chi connectivity index (χ1v) is 10.3. The molecule has 27 heavy (non-hydrogen) atoms. The van der Waals surface area contributed by atoms with Gasteiger partial charge in [0, 0.05) is 19.2 Å². The number of halogens is 1. The number of ether oxygens (including phenoxy) is 1. The van der Waals surface area contributed by atoms with E-state index in [0.717, 1.165) is 19.3 Å². The summed E-state index contributed by atoms with van der Waals surface area (Å²) in [5, 5.41) is 11.9. The van der Waals surface area contributed by atoms with E-state index >= 15 is 0 Å². The molecule has 0 spiro atoms. The molecule has 1 aromatic heterocycles. The first kappa shape index (κ1) is 19.8. The number of benzene rings is 1. The van der Waals surface area contributed by atoms with Gasteiger partial charge >= 0.3 is 0 Å². The smallest absolute Gasteiger partial charge is 0.230 e. The maximum absolute atomic E-state index is 14.2. The molecular weight excluding hydrogens is 367 g/mol. The lowest BCUT2D eigenvalue weighted by Crippen LogP contribution is -2.27. The molecule has 1 heterocycles. The SMILES string of the molecule is CC(C)OCCCNC(=O)CSc1nnc(-c2ccccc2F)n1C1CC1. The van der Waals surface area contributed by atoms with Gasteiger partial charge < -0.3 is 10.1 Å². The maximum atomic E-state index is 14.2. The number of hydrogen-bond acceptors (Lipinski definition) is 5. The standard InChI is InChI=1S/C19H25FN4O2S/c1-13(2)26-11-5-10-21-17(25)12-27-19-23-22-18(24(19)14-8-9-14)15-6-3-4-7-16(15)20/h3-4,6-7,13-14H,5,8-12H2,1-2H3,(H,21,25). The van der Waals surface area contributed by atoms with Crippen molar-refractivity contribution in [2.75, 3.05) is 18.9 Å². The van der Waals surface area contributed by atoms with Crippen molar-refractivity contribution in [2.24, 2.45) is 0 Å². The zero-order chi connectivity index (χ0) is 19.2. The highest BCUT2D eigenvalue weighted by Crippen LogP contribution is 2.41. The third kappa shape index (κ3) is 5.52. The van der Waals surface area contributed by atoms with Crippen LogP contribution in [0.4, 0.5) is 4.39 Å². The van der Waals surface area contributed by atoms with Crippen LogP contribution in [0.2, 0.25) is 0 Å². The highest BCUT2D eigenvalue weighted by molar-refractivity contribution is 7.99. The summed E-state index contributed by atoms with van der Waals surface area (Å²) in [7, 11) is 0. The van der Waals surface area contributed by atoms with Crippen LogP contribution in [0.5, 0.6) is 0 Å². The quantitative estimate of drug-likeness (QED) is 0.495. The van der Waals surface area contributed by atoms with Crippen molar-refractivity contribution in [3.8, 4) is 11.4 Å². The minimum Gasteiger partial charge on any atom is -0.379 e. The van der Waals surface area contributed by atoms with Crippen molar-refractivity contribution in [3.63, 3.8) is 0 Å². The van der Waals surface area contributed by atoms with E-state index in [0.29, 0.717) is 29.7 Å². The summed E-state index contributed by atoms with van der Waals surface area (Å²) in [6.45, 7) is 5.19. The van der Waals surface area contributed by atoms with E-state index in [1.54, 1.807) is 18.2 Å². The maximum Gasteiger partial charge on any atom is 0.230 e. The molecular formula is C19H25FN4O2S. The molecule has 1 aromatic carbocycles. The lowest BCUT2D eigenvalue weighted by atomic mass is 10.2. The van der Waals surface area contributed by atoms with Crippen molar-refractivity contribution in [1.82, 2.24) is 20.1 Å². The van der Waals surface area contributed by atoms with E-state index < -0.39 is 0 Å². The third-order valence-corrected chi connectivity index (χ3v) is 5.06. The second kappa shape index (κ2) is 9.32. The molecule has 146 valence electrons. The Hall–Kier alpha value is -1.93. The van der Waals surface area contributed by atoms with Crippen LogP contribution in [0.25, 0.3) is 11.4 Å². The molecule has 1 aliphatic rings.